The van der Waals surface area contributed by atoms with Crippen LogP contribution in [0.1, 0.15) is 36.2 Å². The summed E-state index contributed by atoms with van der Waals surface area (Å²) >= 11 is 0. The molecule has 2 rings (SSSR count). The van der Waals surface area contributed by atoms with Gasteiger partial charge in [0.15, 0.2) is 0 Å². The Morgan fingerprint density at radius 3 is 2.41 bits per heavy atom. The highest BCUT2D eigenvalue weighted by atomic mass is 16.4. The maximum Gasteiger partial charge on any atom is 0.329 e. The number of amides is 1. The van der Waals surface area contributed by atoms with E-state index in [1.807, 2.05) is 13.1 Å². The topological polar surface area (TPSA) is 84.2 Å². The summed E-state index contributed by atoms with van der Waals surface area (Å²) in [6.07, 6.45) is 3.94. The molecular weight excluding hydrogens is 282 g/mol. The number of nitrogens with zero attached hydrogens (tertiary/aromatic N) is 2. The van der Waals surface area contributed by atoms with Crippen molar-refractivity contribution in [3.63, 3.8) is 0 Å². The number of aliphatic carboxylic acids is 1. The van der Waals surface area contributed by atoms with Gasteiger partial charge in [-0.2, -0.15) is 5.10 Å². The van der Waals surface area contributed by atoms with Gasteiger partial charge in [0.2, 0.25) is 0 Å². The zero-order valence-corrected chi connectivity index (χ0v) is 12.8. The Hall–Kier alpha value is -2.63. The summed E-state index contributed by atoms with van der Waals surface area (Å²) in [6, 6.07) is 6.84. The van der Waals surface area contributed by atoms with Crippen LogP contribution < -0.4 is 5.32 Å². The third-order valence-electron chi connectivity index (χ3n) is 3.67. The molecule has 0 aliphatic carbocycles. The fourth-order valence-corrected chi connectivity index (χ4v) is 1.94. The van der Waals surface area contributed by atoms with E-state index in [2.05, 4.69) is 10.4 Å². The molecule has 1 heterocycles. The summed E-state index contributed by atoms with van der Waals surface area (Å²) in [7, 11) is 0. The second kappa shape index (κ2) is 6.01. The van der Waals surface area contributed by atoms with E-state index in [4.69, 9.17) is 0 Å². The third kappa shape index (κ3) is 3.16. The molecule has 0 aliphatic rings. The van der Waals surface area contributed by atoms with Crippen molar-refractivity contribution in [3.8, 4) is 5.69 Å². The lowest BCUT2D eigenvalue weighted by molar-refractivity contribution is -0.143. The van der Waals surface area contributed by atoms with Crippen molar-refractivity contribution in [3.05, 3.63) is 47.8 Å². The summed E-state index contributed by atoms with van der Waals surface area (Å²) in [5, 5.41) is 16.0. The number of aromatic nitrogens is 2. The van der Waals surface area contributed by atoms with Crippen LogP contribution in [0.15, 0.2) is 36.7 Å². The van der Waals surface area contributed by atoms with Gasteiger partial charge in [0.25, 0.3) is 5.91 Å². The fraction of sp³-hybridized carbons (Fsp3) is 0.312. The minimum atomic E-state index is -1.27. The van der Waals surface area contributed by atoms with Crippen molar-refractivity contribution in [2.45, 2.75) is 32.7 Å². The highest BCUT2D eigenvalue weighted by Crippen LogP contribution is 2.13. The first-order valence-corrected chi connectivity index (χ1v) is 7.03. The number of rotatable bonds is 5. The quantitative estimate of drug-likeness (QED) is 0.886. The molecular formula is C16H19N3O3. The lowest BCUT2D eigenvalue weighted by Crippen LogP contribution is -2.51. The first-order chi connectivity index (χ1) is 10.4. The standard InChI is InChI=1S/C16H19N3O3/c1-4-16(3,15(21)22)18-14(20)12-5-7-13(8-6-12)19-10-11(2)9-17-19/h5-10H,4H2,1-3H3,(H,18,20)(H,21,22). The zero-order valence-electron chi connectivity index (χ0n) is 12.8. The van der Waals surface area contributed by atoms with Gasteiger partial charge in [-0.3, -0.25) is 4.79 Å². The lowest BCUT2D eigenvalue weighted by Gasteiger charge is -2.24. The molecule has 6 heteroatoms. The van der Waals surface area contributed by atoms with E-state index in [-0.39, 0.29) is 0 Å². The first-order valence-electron chi connectivity index (χ1n) is 7.03. The summed E-state index contributed by atoms with van der Waals surface area (Å²) < 4.78 is 1.71. The number of carboxylic acids is 1. The molecule has 0 aliphatic heterocycles. The molecule has 0 radical (unpaired) electrons. The van der Waals surface area contributed by atoms with Crippen LogP contribution in [0.25, 0.3) is 5.69 Å². The van der Waals surface area contributed by atoms with Crippen molar-refractivity contribution in [1.29, 1.82) is 0 Å². The highest BCUT2D eigenvalue weighted by Gasteiger charge is 2.32. The molecule has 6 nitrogen and oxygen atoms in total. The van der Waals surface area contributed by atoms with E-state index in [0.717, 1.165) is 11.3 Å². The van der Waals surface area contributed by atoms with Crippen LogP contribution in [0.5, 0.6) is 0 Å². The zero-order chi connectivity index (χ0) is 16.3. The fourth-order valence-electron chi connectivity index (χ4n) is 1.94. The number of carboxylic acid groups (broad SMARTS) is 1. The Balaban J connectivity index is 2.16. The molecule has 1 unspecified atom stereocenters. The molecule has 1 aromatic heterocycles. The van der Waals surface area contributed by atoms with Crippen molar-refractivity contribution in [2.75, 3.05) is 0 Å². The second-order valence-electron chi connectivity index (χ2n) is 5.45. The Kier molecular flexibility index (Phi) is 4.30. The van der Waals surface area contributed by atoms with Crippen LogP contribution in [0.3, 0.4) is 0 Å². The number of aryl methyl sites for hydroxylation is 1. The van der Waals surface area contributed by atoms with Crippen LogP contribution in [0.4, 0.5) is 0 Å². The average molecular weight is 301 g/mol. The van der Waals surface area contributed by atoms with Gasteiger partial charge in [-0.15, -0.1) is 0 Å². The molecule has 1 aromatic carbocycles. The molecule has 0 saturated heterocycles. The Bertz CT molecular complexity index is 691. The number of carbonyl (C=O) groups is 2. The van der Waals surface area contributed by atoms with Crippen molar-refractivity contribution >= 4 is 11.9 Å². The van der Waals surface area contributed by atoms with Gasteiger partial charge < -0.3 is 10.4 Å². The van der Waals surface area contributed by atoms with Crippen LogP contribution >= 0.6 is 0 Å². The van der Waals surface area contributed by atoms with Crippen LogP contribution in [-0.4, -0.2) is 32.3 Å². The molecule has 2 aromatic rings. The van der Waals surface area contributed by atoms with Gasteiger partial charge in [0, 0.05) is 11.8 Å². The van der Waals surface area contributed by atoms with Gasteiger partial charge in [-0.25, -0.2) is 9.48 Å². The predicted molar refractivity (Wildman–Crippen MR) is 82.1 cm³/mol. The van der Waals surface area contributed by atoms with Gasteiger partial charge >= 0.3 is 5.97 Å². The minimum Gasteiger partial charge on any atom is -0.480 e. The normalized spacial score (nSPS) is 13.4. The summed E-state index contributed by atoms with van der Waals surface area (Å²) in [6.45, 7) is 5.16. The molecule has 22 heavy (non-hydrogen) atoms. The first kappa shape index (κ1) is 15.8. The molecule has 1 amide bonds. The van der Waals surface area contributed by atoms with Crippen molar-refractivity contribution in [1.82, 2.24) is 15.1 Å². The van der Waals surface area contributed by atoms with E-state index < -0.39 is 17.4 Å². The summed E-state index contributed by atoms with van der Waals surface area (Å²) in [4.78, 5) is 23.4. The number of nitrogens with one attached hydrogen (secondary N) is 1. The van der Waals surface area contributed by atoms with E-state index in [9.17, 15) is 14.7 Å². The smallest absolute Gasteiger partial charge is 0.329 e. The number of carbonyl (C=O) groups excluding carboxylic acids is 1. The maximum absolute atomic E-state index is 12.2. The SMILES string of the molecule is CCC(C)(NC(=O)c1ccc(-n2cc(C)cn2)cc1)C(=O)O. The van der Waals surface area contributed by atoms with Crippen molar-refractivity contribution in [2.24, 2.45) is 0 Å². The van der Waals surface area contributed by atoms with Crippen LogP contribution in [0.2, 0.25) is 0 Å². The molecule has 0 spiro atoms. The van der Waals surface area contributed by atoms with Gasteiger partial charge in [0.1, 0.15) is 5.54 Å². The largest absolute Gasteiger partial charge is 0.480 e. The van der Waals surface area contributed by atoms with Gasteiger partial charge in [0.05, 0.1) is 11.9 Å². The summed E-state index contributed by atoms with van der Waals surface area (Å²) in [5.41, 5.74) is 1.02. The van der Waals surface area contributed by atoms with E-state index in [0.29, 0.717) is 12.0 Å². The second-order valence-corrected chi connectivity index (χ2v) is 5.45. The molecule has 0 fully saturated rings. The van der Waals surface area contributed by atoms with Crippen LogP contribution in [-0.2, 0) is 4.79 Å². The van der Waals surface area contributed by atoms with Crippen LogP contribution in [0, 0.1) is 6.92 Å². The van der Waals surface area contributed by atoms with Crippen molar-refractivity contribution < 1.29 is 14.7 Å². The highest BCUT2D eigenvalue weighted by molar-refractivity contribution is 5.97. The van der Waals surface area contributed by atoms with E-state index >= 15 is 0 Å². The molecule has 0 bridgehead atoms. The predicted octanol–water partition coefficient (Wildman–Crippen LogP) is 2.16. The molecule has 1 atom stereocenters. The Morgan fingerprint density at radius 1 is 1.32 bits per heavy atom. The number of hydrogen-bond acceptors (Lipinski definition) is 3. The third-order valence-corrected chi connectivity index (χ3v) is 3.67. The number of benzene rings is 1. The number of hydrogen-bond donors (Lipinski definition) is 2. The molecule has 2 N–H and O–H groups in total. The average Bonchev–Trinajstić information content (AvgIpc) is 2.93. The Labute approximate surface area is 128 Å². The lowest BCUT2D eigenvalue weighted by atomic mass is 9.98. The molecule has 116 valence electrons. The Morgan fingerprint density at radius 2 is 1.95 bits per heavy atom. The van der Waals surface area contributed by atoms with Gasteiger partial charge in [-0.05, 0) is 50.1 Å². The minimum absolute atomic E-state index is 0.304. The van der Waals surface area contributed by atoms with E-state index in [1.165, 1.54) is 6.92 Å². The summed E-state index contributed by atoms with van der Waals surface area (Å²) in [5.74, 6) is -1.46. The maximum atomic E-state index is 12.2. The monoisotopic (exact) mass is 301 g/mol. The van der Waals surface area contributed by atoms with Gasteiger partial charge in [-0.1, -0.05) is 6.92 Å². The molecule has 0 saturated carbocycles. The van der Waals surface area contributed by atoms with E-state index in [1.54, 1.807) is 42.1 Å².